The van der Waals surface area contributed by atoms with Crippen molar-refractivity contribution in [1.29, 1.82) is 0 Å². The molecule has 92 valence electrons. The Balaban J connectivity index is 2.05. The minimum Gasteiger partial charge on any atom is -0.508 e. The third-order valence-corrected chi connectivity index (χ3v) is 3.27. The van der Waals surface area contributed by atoms with Crippen molar-refractivity contribution < 1.29 is 9.84 Å². The van der Waals surface area contributed by atoms with Crippen LogP contribution in [0.3, 0.4) is 0 Å². The van der Waals surface area contributed by atoms with Crippen LogP contribution in [-0.2, 0) is 6.42 Å². The Hall–Kier alpha value is -2.00. The second kappa shape index (κ2) is 4.35. The molecule has 0 fully saturated rings. The number of ether oxygens (including phenoxy) is 1. The predicted molar refractivity (Wildman–Crippen MR) is 70.7 cm³/mol. The van der Waals surface area contributed by atoms with Gasteiger partial charge in [0.15, 0.2) is 0 Å². The molecule has 0 bridgehead atoms. The van der Waals surface area contributed by atoms with Gasteiger partial charge in [-0.1, -0.05) is 30.3 Å². The van der Waals surface area contributed by atoms with E-state index in [2.05, 4.69) is 6.07 Å². The average Bonchev–Trinajstić information content (AvgIpc) is 2.82. The van der Waals surface area contributed by atoms with Gasteiger partial charge in [-0.15, -0.1) is 0 Å². The molecule has 0 saturated heterocycles. The van der Waals surface area contributed by atoms with Crippen LogP contribution in [0.15, 0.2) is 42.5 Å². The second-order valence-corrected chi connectivity index (χ2v) is 4.52. The molecule has 0 saturated carbocycles. The molecule has 1 aliphatic heterocycles. The van der Waals surface area contributed by atoms with Crippen molar-refractivity contribution in [1.82, 2.24) is 0 Å². The summed E-state index contributed by atoms with van der Waals surface area (Å²) in [6.45, 7) is 0.531. The van der Waals surface area contributed by atoms with Gasteiger partial charge in [-0.05, 0) is 23.3 Å². The van der Waals surface area contributed by atoms with Crippen molar-refractivity contribution in [2.24, 2.45) is 5.73 Å². The number of aromatic hydroxyl groups is 1. The summed E-state index contributed by atoms with van der Waals surface area (Å²) < 4.78 is 5.88. The highest BCUT2D eigenvalue weighted by Crippen LogP contribution is 2.38. The van der Waals surface area contributed by atoms with Crippen LogP contribution in [0, 0.1) is 0 Å². The molecule has 3 nitrogen and oxygen atoms in total. The minimum absolute atomic E-state index is 0.0817. The van der Waals surface area contributed by atoms with Gasteiger partial charge in [0.1, 0.15) is 17.6 Å². The molecule has 2 aromatic carbocycles. The van der Waals surface area contributed by atoms with Crippen LogP contribution in [-0.4, -0.2) is 17.8 Å². The van der Waals surface area contributed by atoms with E-state index in [1.54, 1.807) is 12.1 Å². The predicted octanol–water partition coefficient (Wildman–Crippen LogP) is 2.32. The Morgan fingerprint density at radius 2 is 1.94 bits per heavy atom. The van der Waals surface area contributed by atoms with Crippen LogP contribution in [0.1, 0.15) is 5.56 Å². The molecule has 1 heterocycles. The number of nitrogens with two attached hydrogens (primary N) is 1. The zero-order chi connectivity index (χ0) is 12.5. The lowest BCUT2D eigenvalue weighted by Crippen LogP contribution is -2.24. The third-order valence-electron chi connectivity index (χ3n) is 3.27. The highest BCUT2D eigenvalue weighted by atomic mass is 16.5. The molecule has 0 unspecified atom stereocenters. The van der Waals surface area contributed by atoms with E-state index in [9.17, 15) is 5.11 Å². The normalized spacial score (nSPS) is 17.3. The zero-order valence-corrected chi connectivity index (χ0v) is 9.97. The molecule has 0 amide bonds. The fourth-order valence-corrected chi connectivity index (χ4v) is 2.34. The van der Waals surface area contributed by atoms with Gasteiger partial charge >= 0.3 is 0 Å². The maximum Gasteiger partial charge on any atom is 0.130 e. The Morgan fingerprint density at radius 1 is 1.17 bits per heavy atom. The SMILES string of the molecule is NC[C@@H]1Cc2cccc(-c3ccc(O)cc3)c2O1. The largest absolute Gasteiger partial charge is 0.508 e. The van der Waals surface area contributed by atoms with Crippen molar-refractivity contribution in [3.8, 4) is 22.6 Å². The van der Waals surface area contributed by atoms with Gasteiger partial charge in [-0.25, -0.2) is 0 Å². The van der Waals surface area contributed by atoms with Crippen LogP contribution in [0.5, 0.6) is 11.5 Å². The molecule has 3 heteroatoms. The summed E-state index contributed by atoms with van der Waals surface area (Å²) in [5, 5.41) is 9.33. The number of benzene rings is 2. The Kier molecular flexibility index (Phi) is 2.68. The van der Waals surface area contributed by atoms with Gasteiger partial charge in [0.2, 0.25) is 0 Å². The lowest BCUT2D eigenvalue weighted by atomic mass is 10.0. The van der Waals surface area contributed by atoms with Crippen LogP contribution in [0.4, 0.5) is 0 Å². The first kappa shape index (κ1) is 11.1. The van der Waals surface area contributed by atoms with Gasteiger partial charge in [-0.2, -0.15) is 0 Å². The summed E-state index contributed by atoms with van der Waals surface area (Å²) in [5.74, 6) is 1.20. The molecular weight excluding hydrogens is 226 g/mol. The number of rotatable bonds is 2. The van der Waals surface area contributed by atoms with Gasteiger partial charge < -0.3 is 15.6 Å². The highest BCUT2D eigenvalue weighted by Gasteiger charge is 2.24. The summed E-state index contributed by atoms with van der Waals surface area (Å²) in [4.78, 5) is 0. The third kappa shape index (κ3) is 1.83. The van der Waals surface area contributed by atoms with E-state index >= 15 is 0 Å². The molecule has 0 aliphatic carbocycles. The number of para-hydroxylation sites is 1. The summed E-state index contributed by atoms with van der Waals surface area (Å²) in [5.41, 5.74) is 8.97. The van der Waals surface area contributed by atoms with Crippen molar-refractivity contribution in [2.75, 3.05) is 6.54 Å². The van der Waals surface area contributed by atoms with E-state index in [4.69, 9.17) is 10.5 Å². The van der Waals surface area contributed by atoms with E-state index in [0.29, 0.717) is 6.54 Å². The molecule has 3 rings (SSSR count). The number of fused-ring (bicyclic) bond motifs is 1. The molecule has 18 heavy (non-hydrogen) atoms. The molecule has 1 aliphatic rings. The Morgan fingerprint density at radius 3 is 2.67 bits per heavy atom. The first-order valence-corrected chi connectivity index (χ1v) is 6.06. The molecule has 3 N–H and O–H groups in total. The molecular formula is C15H15NO2. The maximum atomic E-state index is 9.33. The van der Waals surface area contributed by atoms with E-state index < -0.39 is 0 Å². The summed E-state index contributed by atoms with van der Waals surface area (Å²) >= 11 is 0. The second-order valence-electron chi connectivity index (χ2n) is 4.52. The number of phenolic OH excluding ortho intramolecular Hbond substituents is 1. The monoisotopic (exact) mass is 241 g/mol. The van der Waals surface area contributed by atoms with Gasteiger partial charge in [0, 0.05) is 18.5 Å². The number of phenols is 1. The summed E-state index contributed by atoms with van der Waals surface area (Å²) in [6.07, 6.45) is 0.955. The van der Waals surface area contributed by atoms with Gasteiger partial charge in [0.25, 0.3) is 0 Å². The van der Waals surface area contributed by atoms with Crippen LogP contribution >= 0.6 is 0 Å². The zero-order valence-electron chi connectivity index (χ0n) is 9.97. The molecule has 0 spiro atoms. The van der Waals surface area contributed by atoms with Crippen LogP contribution < -0.4 is 10.5 Å². The number of hydrogen-bond acceptors (Lipinski definition) is 3. The minimum atomic E-state index is 0.0817. The van der Waals surface area contributed by atoms with Crippen molar-refractivity contribution >= 4 is 0 Å². The summed E-state index contributed by atoms with van der Waals surface area (Å²) in [7, 11) is 0. The van der Waals surface area contributed by atoms with Crippen molar-refractivity contribution in [2.45, 2.75) is 12.5 Å². The Labute approximate surface area is 106 Å². The smallest absolute Gasteiger partial charge is 0.130 e. The van der Waals surface area contributed by atoms with E-state index in [1.165, 1.54) is 5.56 Å². The fraction of sp³-hybridized carbons (Fsp3) is 0.200. The lowest BCUT2D eigenvalue weighted by molar-refractivity contribution is 0.242. The van der Waals surface area contributed by atoms with Crippen molar-refractivity contribution in [3.63, 3.8) is 0 Å². The van der Waals surface area contributed by atoms with Crippen LogP contribution in [0.2, 0.25) is 0 Å². The van der Waals surface area contributed by atoms with Crippen molar-refractivity contribution in [3.05, 3.63) is 48.0 Å². The average molecular weight is 241 g/mol. The molecule has 1 atom stereocenters. The molecule has 0 radical (unpaired) electrons. The topological polar surface area (TPSA) is 55.5 Å². The quantitative estimate of drug-likeness (QED) is 0.848. The van der Waals surface area contributed by atoms with Crippen LogP contribution in [0.25, 0.3) is 11.1 Å². The maximum absolute atomic E-state index is 9.33. The van der Waals surface area contributed by atoms with E-state index in [1.807, 2.05) is 24.3 Å². The van der Waals surface area contributed by atoms with E-state index in [-0.39, 0.29) is 11.9 Å². The standard InChI is InChI=1S/C15H15NO2/c16-9-13-8-11-2-1-3-14(15(11)18-13)10-4-6-12(17)7-5-10/h1-7,13,17H,8-9,16H2/t13-/m0/s1. The summed E-state index contributed by atoms with van der Waals surface area (Å²) in [6, 6.07) is 13.3. The lowest BCUT2D eigenvalue weighted by Gasteiger charge is -2.10. The van der Waals surface area contributed by atoms with E-state index in [0.717, 1.165) is 23.3 Å². The molecule has 0 aromatic heterocycles. The Bertz CT molecular complexity index is 563. The van der Waals surface area contributed by atoms with Gasteiger partial charge in [0.05, 0.1) is 0 Å². The first-order valence-electron chi connectivity index (χ1n) is 6.06. The fourth-order valence-electron chi connectivity index (χ4n) is 2.34. The molecule has 2 aromatic rings. The van der Waals surface area contributed by atoms with Gasteiger partial charge in [-0.3, -0.25) is 0 Å². The highest BCUT2D eigenvalue weighted by molar-refractivity contribution is 5.73. The number of hydrogen-bond donors (Lipinski definition) is 2. The first-order chi connectivity index (χ1) is 8.78.